The first-order chi connectivity index (χ1) is 7.61. The number of halogens is 1. The van der Waals surface area contributed by atoms with E-state index in [1.807, 2.05) is 38.1 Å². The van der Waals surface area contributed by atoms with Gasteiger partial charge in [-0.25, -0.2) is 0 Å². The largest absolute Gasteiger partial charge is 0.484 e. The quantitative estimate of drug-likeness (QED) is 0.903. The van der Waals surface area contributed by atoms with Crippen LogP contribution >= 0.6 is 15.9 Å². The molecule has 1 aromatic rings. The summed E-state index contributed by atoms with van der Waals surface area (Å²) < 4.78 is 6.29. The van der Waals surface area contributed by atoms with Gasteiger partial charge in [-0.2, -0.15) is 0 Å². The Morgan fingerprint density at radius 2 is 2.31 bits per heavy atom. The molecule has 16 heavy (non-hydrogen) atoms. The number of rotatable bonds is 5. The van der Waals surface area contributed by atoms with Crippen molar-refractivity contribution in [3.63, 3.8) is 0 Å². The van der Waals surface area contributed by atoms with Gasteiger partial charge in [0.1, 0.15) is 5.75 Å². The Morgan fingerprint density at radius 1 is 1.56 bits per heavy atom. The number of benzene rings is 1. The summed E-state index contributed by atoms with van der Waals surface area (Å²) >= 11 is 3.34. The maximum atomic E-state index is 11.4. The molecule has 0 saturated heterocycles. The summed E-state index contributed by atoms with van der Waals surface area (Å²) in [5.74, 6) is 0.600. The van der Waals surface area contributed by atoms with Gasteiger partial charge in [-0.05, 0) is 31.5 Å². The number of nitrogens with one attached hydrogen (secondary N) is 1. The van der Waals surface area contributed by atoms with Crippen molar-refractivity contribution >= 4 is 21.8 Å². The lowest BCUT2D eigenvalue weighted by Crippen LogP contribution is -2.35. The van der Waals surface area contributed by atoms with Crippen molar-refractivity contribution < 1.29 is 9.53 Å². The summed E-state index contributed by atoms with van der Waals surface area (Å²) in [6.45, 7) is 4.05. The highest BCUT2D eigenvalue weighted by molar-refractivity contribution is 9.10. The molecule has 0 bridgehead atoms. The van der Waals surface area contributed by atoms with Crippen molar-refractivity contribution in [1.29, 1.82) is 0 Å². The number of amides is 1. The zero-order chi connectivity index (χ0) is 12.0. The van der Waals surface area contributed by atoms with Crippen LogP contribution in [-0.4, -0.2) is 18.6 Å². The van der Waals surface area contributed by atoms with E-state index >= 15 is 0 Å². The van der Waals surface area contributed by atoms with Crippen molar-refractivity contribution in [3.05, 3.63) is 28.7 Å². The molecular formula is C12H16BrNO2. The molecule has 1 unspecified atom stereocenters. The lowest BCUT2D eigenvalue weighted by atomic mass is 10.2. The first-order valence-electron chi connectivity index (χ1n) is 5.29. The minimum absolute atomic E-state index is 0.0563. The highest BCUT2D eigenvalue weighted by atomic mass is 79.9. The lowest BCUT2D eigenvalue weighted by molar-refractivity contribution is -0.123. The molecule has 1 N–H and O–H groups in total. The van der Waals surface area contributed by atoms with Crippen molar-refractivity contribution in [2.24, 2.45) is 0 Å². The molecule has 1 rings (SSSR count). The smallest absolute Gasteiger partial charge is 0.258 e. The van der Waals surface area contributed by atoms with Crippen LogP contribution in [0, 0.1) is 0 Å². The van der Waals surface area contributed by atoms with Gasteiger partial charge in [0.15, 0.2) is 6.61 Å². The number of carbonyl (C=O) groups is 1. The number of hydrogen-bond acceptors (Lipinski definition) is 2. The lowest BCUT2D eigenvalue weighted by Gasteiger charge is -2.12. The van der Waals surface area contributed by atoms with Crippen LogP contribution in [0.5, 0.6) is 5.75 Å². The van der Waals surface area contributed by atoms with Crippen LogP contribution in [0.25, 0.3) is 0 Å². The van der Waals surface area contributed by atoms with Crippen LogP contribution in [0.3, 0.4) is 0 Å². The highest BCUT2D eigenvalue weighted by Crippen LogP contribution is 2.17. The van der Waals surface area contributed by atoms with Crippen molar-refractivity contribution in [2.45, 2.75) is 26.3 Å². The minimum atomic E-state index is -0.0886. The second-order valence-corrected chi connectivity index (χ2v) is 4.54. The predicted molar refractivity (Wildman–Crippen MR) is 67.5 cm³/mol. The molecule has 0 aliphatic heterocycles. The fraction of sp³-hybridized carbons (Fsp3) is 0.417. The fourth-order valence-corrected chi connectivity index (χ4v) is 1.50. The summed E-state index contributed by atoms with van der Waals surface area (Å²) in [4.78, 5) is 11.4. The number of hydrogen-bond donors (Lipinski definition) is 1. The first kappa shape index (κ1) is 13.0. The van der Waals surface area contributed by atoms with E-state index < -0.39 is 0 Å². The van der Waals surface area contributed by atoms with Crippen molar-refractivity contribution in [1.82, 2.24) is 5.32 Å². The third-order valence-corrected chi connectivity index (χ3v) is 2.68. The topological polar surface area (TPSA) is 38.3 Å². The van der Waals surface area contributed by atoms with Gasteiger partial charge >= 0.3 is 0 Å². The van der Waals surface area contributed by atoms with Crippen LogP contribution in [-0.2, 0) is 4.79 Å². The van der Waals surface area contributed by atoms with E-state index in [0.717, 1.165) is 10.9 Å². The molecule has 0 radical (unpaired) electrons. The summed E-state index contributed by atoms with van der Waals surface area (Å²) in [6, 6.07) is 7.62. The maximum absolute atomic E-state index is 11.4. The van der Waals surface area contributed by atoms with E-state index in [-0.39, 0.29) is 18.6 Å². The third-order valence-electron chi connectivity index (χ3n) is 2.19. The van der Waals surface area contributed by atoms with Crippen LogP contribution in [0.1, 0.15) is 20.3 Å². The standard InChI is InChI=1S/C12H16BrNO2/c1-3-9(2)14-12(15)8-16-11-6-4-5-10(13)7-11/h4-7,9H,3,8H2,1-2H3,(H,14,15). The van der Waals surface area contributed by atoms with E-state index in [2.05, 4.69) is 21.2 Å². The monoisotopic (exact) mass is 285 g/mol. The van der Waals surface area contributed by atoms with Gasteiger partial charge in [0.05, 0.1) is 0 Å². The van der Waals surface area contributed by atoms with Crippen molar-refractivity contribution in [2.75, 3.05) is 6.61 Å². The van der Waals surface area contributed by atoms with Gasteiger partial charge in [-0.15, -0.1) is 0 Å². The Bertz CT molecular complexity index is 355. The summed E-state index contributed by atoms with van der Waals surface area (Å²) in [6.07, 6.45) is 0.919. The van der Waals surface area contributed by atoms with Gasteiger partial charge in [0.2, 0.25) is 0 Å². The molecule has 0 spiro atoms. The van der Waals surface area contributed by atoms with Crippen LogP contribution < -0.4 is 10.1 Å². The molecule has 0 heterocycles. The zero-order valence-electron chi connectivity index (χ0n) is 9.50. The van der Waals surface area contributed by atoms with E-state index in [1.54, 1.807) is 0 Å². The number of ether oxygens (including phenoxy) is 1. The third kappa shape index (κ3) is 4.66. The Balaban J connectivity index is 2.37. The van der Waals surface area contributed by atoms with Crippen LogP contribution in [0.4, 0.5) is 0 Å². The molecule has 0 aliphatic rings. The summed E-state index contributed by atoms with van der Waals surface area (Å²) in [7, 11) is 0. The van der Waals surface area contributed by atoms with Gasteiger partial charge in [-0.3, -0.25) is 4.79 Å². The normalized spacial score (nSPS) is 11.9. The molecule has 1 atom stereocenters. The van der Waals surface area contributed by atoms with Gasteiger partial charge < -0.3 is 10.1 Å². The van der Waals surface area contributed by atoms with Gasteiger partial charge in [0.25, 0.3) is 5.91 Å². The minimum Gasteiger partial charge on any atom is -0.484 e. The number of carbonyl (C=O) groups excluding carboxylic acids is 1. The molecule has 0 aromatic heterocycles. The summed E-state index contributed by atoms with van der Waals surface area (Å²) in [5, 5.41) is 2.84. The van der Waals surface area contributed by atoms with E-state index in [0.29, 0.717) is 5.75 Å². The van der Waals surface area contributed by atoms with E-state index in [9.17, 15) is 4.79 Å². The second kappa shape index (κ2) is 6.53. The molecule has 1 amide bonds. The molecule has 88 valence electrons. The fourth-order valence-electron chi connectivity index (χ4n) is 1.12. The van der Waals surface area contributed by atoms with Gasteiger partial charge in [-0.1, -0.05) is 28.9 Å². The Morgan fingerprint density at radius 3 is 2.94 bits per heavy atom. The molecule has 1 aromatic carbocycles. The van der Waals surface area contributed by atoms with Crippen LogP contribution in [0.2, 0.25) is 0 Å². The van der Waals surface area contributed by atoms with Gasteiger partial charge in [0, 0.05) is 10.5 Å². The average molecular weight is 286 g/mol. The Kier molecular flexibility index (Phi) is 5.32. The molecular weight excluding hydrogens is 270 g/mol. The predicted octanol–water partition coefficient (Wildman–Crippen LogP) is 2.74. The highest BCUT2D eigenvalue weighted by Gasteiger charge is 2.06. The van der Waals surface area contributed by atoms with Crippen molar-refractivity contribution in [3.8, 4) is 5.75 Å². The molecule has 0 fully saturated rings. The Hall–Kier alpha value is -1.03. The maximum Gasteiger partial charge on any atom is 0.258 e. The first-order valence-corrected chi connectivity index (χ1v) is 6.09. The van der Waals surface area contributed by atoms with E-state index in [4.69, 9.17) is 4.74 Å². The van der Waals surface area contributed by atoms with Crippen LogP contribution in [0.15, 0.2) is 28.7 Å². The zero-order valence-corrected chi connectivity index (χ0v) is 11.1. The average Bonchev–Trinajstić information content (AvgIpc) is 2.26. The molecule has 4 heteroatoms. The molecule has 0 saturated carbocycles. The summed E-state index contributed by atoms with van der Waals surface area (Å²) in [5.41, 5.74) is 0. The van der Waals surface area contributed by atoms with E-state index in [1.165, 1.54) is 0 Å². The molecule has 3 nitrogen and oxygen atoms in total. The second-order valence-electron chi connectivity index (χ2n) is 3.62. The Labute approximate surface area is 104 Å². The SMILES string of the molecule is CCC(C)NC(=O)COc1cccc(Br)c1. The molecule has 0 aliphatic carbocycles.